The van der Waals surface area contributed by atoms with Gasteiger partial charge in [0.1, 0.15) is 23.0 Å². The van der Waals surface area contributed by atoms with E-state index in [0.717, 1.165) is 0 Å². The van der Waals surface area contributed by atoms with Gasteiger partial charge in [0.05, 0.1) is 38.6 Å². The molecule has 0 aliphatic carbocycles. The van der Waals surface area contributed by atoms with Crippen LogP contribution in [0.4, 0.5) is 0 Å². The highest BCUT2D eigenvalue weighted by molar-refractivity contribution is 6.46. The molecule has 4 rings (SSSR count). The number of ether oxygens (including phenoxy) is 2. The molecule has 0 spiro atoms. The molecule has 1 unspecified atom stereocenters. The number of aliphatic hydroxyl groups is 1. The summed E-state index contributed by atoms with van der Waals surface area (Å²) in [6, 6.07) is 16.3. The van der Waals surface area contributed by atoms with Gasteiger partial charge in [-0.2, -0.15) is 0 Å². The van der Waals surface area contributed by atoms with Crippen molar-refractivity contribution in [2.75, 3.05) is 14.2 Å². The summed E-state index contributed by atoms with van der Waals surface area (Å²) in [5.41, 5.74) is 0.980. The van der Waals surface area contributed by atoms with Gasteiger partial charge < -0.3 is 23.9 Å². The van der Waals surface area contributed by atoms with Crippen molar-refractivity contribution in [2.24, 2.45) is 0 Å². The quantitative estimate of drug-likeness (QED) is 0.370. The molecule has 0 saturated carbocycles. The Morgan fingerprint density at radius 1 is 1.03 bits per heavy atom. The number of Topliss-reactive ketones (excluding diaryl/α,β-unsaturated/α-hetero) is 1. The lowest BCUT2D eigenvalue weighted by molar-refractivity contribution is -0.140. The van der Waals surface area contributed by atoms with E-state index in [1.165, 1.54) is 25.4 Å². The molecule has 0 bridgehead atoms. The Labute approximate surface area is 179 Å². The number of carbonyl (C=O) groups is 2. The second-order valence-corrected chi connectivity index (χ2v) is 6.98. The van der Waals surface area contributed by atoms with Gasteiger partial charge in [0.25, 0.3) is 11.7 Å². The molecular weight excluding hydrogens is 398 g/mol. The third-order valence-corrected chi connectivity index (χ3v) is 5.23. The zero-order valence-electron chi connectivity index (χ0n) is 17.1. The second-order valence-electron chi connectivity index (χ2n) is 6.98. The summed E-state index contributed by atoms with van der Waals surface area (Å²) in [5, 5.41) is 11.0. The molecule has 3 aromatic rings. The molecule has 1 aromatic heterocycles. The molecule has 2 heterocycles. The molecule has 7 nitrogen and oxygen atoms in total. The van der Waals surface area contributed by atoms with Gasteiger partial charge in [0.15, 0.2) is 0 Å². The lowest BCUT2D eigenvalue weighted by Crippen LogP contribution is -2.29. The van der Waals surface area contributed by atoms with Crippen LogP contribution in [0, 0.1) is 0 Å². The molecule has 0 radical (unpaired) electrons. The second kappa shape index (κ2) is 8.39. The van der Waals surface area contributed by atoms with Gasteiger partial charge in [0.2, 0.25) is 0 Å². The van der Waals surface area contributed by atoms with Crippen molar-refractivity contribution >= 4 is 17.4 Å². The number of aliphatic hydroxyl groups excluding tert-OH is 1. The van der Waals surface area contributed by atoms with Gasteiger partial charge in [-0.05, 0) is 24.3 Å². The van der Waals surface area contributed by atoms with Crippen LogP contribution < -0.4 is 9.47 Å². The maximum Gasteiger partial charge on any atom is 0.296 e. The lowest BCUT2D eigenvalue weighted by atomic mass is 9.94. The molecule has 1 amide bonds. The Bertz CT molecular complexity index is 1130. The van der Waals surface area contributed by atoms with Gasteiger partial charge in [-0.15, -0.1) is 0 Å². The summed E-state index contributed by atoms with van der Waals surface area (Å²) in [4.78, 5) is 27.4. The number of likely N-dealkylation sites (tertiary alicyclic amines) is 1. The molecule has 31 heavy (non-hydrogen) atoms. The number of ketones is 1. The maximum absolute atomic E-state index is 13.1. The number of benzene rings is 2. The fraction of sp³-hybridized carbons (Fsp3) is 0.167. The van der Waals surface area contributed by atoms with Gasteiger partial charge >= 0.3 is 0 Å². The van der Waals surface area contributed by atoms with Gasteiger partial charge in [0, 0.05) is 17.2 Å². The van der Waals surface area contributed by atoms with E-state index < -0.39 is 17.7 Å². The first-order valence-electron chi connectivity index (χ1n) is 9.63. The number of carbonyl (C=O) groups excluding carboxylic acids is 2. The van der Waals surface area contributed by atoms with Crippen LogP contribution >= 0.6 is 0 Å². The first kappa shape index (κ1) is 20.3. The first-order valence-corrected chi connectivity index (χ1v) is 9.63. The smallest absolute Gasteiger partial charge is 0.296 e. The van der Waals surface area contributed by atoms with Crippen molar-refractivity contribution in [1.82, 2.24) is 4.90 Å². The Morgan fingerprint density at radius 3 is 2.45 bits per heavy atom. The van der Waals surface area contributed by atoms with Gasteiger partial charge in [-0.3, -0.25) is 9.59 Å². The van der Waals surface area contributed by atoms with Crippen molar-refractivity contribution < 1.29 is 28.6 Å². The molecule has 1 saturated heterocycles. The molecule has 1 fully saturated rings. The van der Waals surface area contributed by atoms with Crippen LogP contribution in [-0.4, -0.2) is 35.9 Å². The Balaban J connectivity index is 1.91. The lowest BCUT2D eigenvalue weighted by Gasteiger charge is -2.26. The largest absolute Gasteiger partial charge is 0.507 e. The molecule has 1 N–H and O–H groups in total. The number of hydrogen-bond donors (Lipinski definition) is 1. The van der Waals surface area contributed by atoms with E-state index in [1.54, 1.807) is 60.7 Å². The average molecular weight is 419 g/mol. The highest BCUT2D eigenvalue weighted by Gasteiger charge is 2.47. The van der Waals surface area contributed by atoms with E-state index in [2.05, 4.69) is 0 Å². The predicted octanol–water partition coefficient (Wildman–Crippen LogP) is 3.92. The minimum atomic E-state index is -0.869. The van der Waals surface area contributed by atoms with E-state index in [9.17, 15) is 14.7 Å². The van der Waals surface area contributed by atoms with Crippen LogP contribution in [0.2, 0.25) is 0 Å². The summed E-state index contributed by atoms with van der Waals surface area (Å²) in [5.74, 6) is -0.239. The minimum absolute atomic E-state index is 0.00813. The Hall–Kier alpha value is -4.00. The van der Waals surface area contributed by atoms with E-state index in [0.29, 0.717) is 28.4 Å². The number of nitrogens with zero attached hydrogens (tertiary/aromatic N) is 1. The van der Waals surface area contributed by atoms with Crippen LogP contribution in [-0.2, 0) is 16.1 Å². The molecule has 1 aliphatic heterocycles. The normalized spacial score (nSPS) is 17.7. The van der Waals surface area contributed by atoms with E-state index in [-0.39, 0.29) is 17.9 Å². The number of rotatable bonds is 6. The number of amides is 1. The molecule has 1 aliphatic rings. The van der Waals surface area contributed by atoms with Crippen molar-refractivity contribution in [3.63, 3.8) is 0 Å². The summed E-state index contributed by atoms with van der Waals surface area (Å²) < 4.78 is 16.2. The summed E-state index contributed by atoms with van der Waals surface area (Å²) in [7, 11) is 3.03. The predicted molar refractivity (Wildman–Crippen MR) is 113 cm³/mol. The molecule has 1 atom stereocenters. The fourth-order valence-electron chi connectivity index (χ4n) is 3.73. The van der Waals surface area contributed by atoms with Crippen molar-refractivity contribution in [1.29, 1.82) is 0 Å². The third-order valence-electron chi connectivity index (χ3n) is 5.23. The van der Waals surface area contributed by atoms with Crippen LogP contribution in [0.1, 0.15) is 22.9 Å². The molecular formula is C24H21NO6. The van der Waals surface area contributed by atoms with Gasteiger partial charge in [-0.1, -0.05) is 30.3 Å². The highest BCUT2D eigenvalue weighted by atomic mass is 16.5. The van der Waals surface area contributed by atoms with Crippen molar-refractivity contribution in [2.45, 2.75) is 12.6 Å². The third kappa shape index (κ3) is 3.66. The first-order chi connectivity index (χ1) is 15.0. The van der Waals surface area contributed by atoms with Gasteiger partial charge in [-0.25, -0.2) is 0 Å². The number of methoxy groups -OCH3 is 2. The minimum Gasteiger partial charge on any atom is -0.507 e. The Kier molecular flexibility index (Phi) is 5.49. The average Bonchev–Trinajstić information content (AvgIpc) is 3.41. The summed E-state index contributed by atoms with van der Waals surface area (Å²) in [6.45, 7) is 0.0585. The summed E-state index contributed by atoms with van der Waals surface area (Å²) >= 11 is 0. The standard InChI is InChI=1S/C24H21NO6/c1-29-16-10-11-18(19(13-16)30-2)21-20(22(26)15-7-4-3-5-8-15)23(27)24(28)25(21)14-17-9-6-12-31-17/h3-13,21,26H,14H2,1-2H3. The molecule has 2 aromatic carbocycles. The van der Waals surface area contributed by atoms with Crippen molar-refractivity contribution in [3.8, 4) is 11.5 Å². The zero-order chi connectivity index (χ0) is 22.0. The molecule has 7 heteroatoms. The monoisotopic (exact) mass is 419 g/mol. The Morgan fingerprint density at radius 2 is 1.81 bits per heavy atom. The van der Waals surface area contributed by atoms with Crippen molar-refractivity contribution in [3.05, 3.63) is 89.4 Å². The fourth-order valence-corrected chi connectivity index (χ4v) is 3.73. The molecule has 158 valence electrons. The zero-order valence-corrected chi connectivity index (χ0v) is 17.1. The van der Waals surface area contributed by atoms with Crippen LogP contribution in [0.5, 0.6) is 11.5 Å². The van der Waals surface area contributed by atoms with Crippen LogP contribution in [0.3, 0.4) is 0 Å². The van der Waals surface area contributed by atoms with E-state index >= 15 is 0 Å². The van der Waals surface area contributed by atoms with Crippen LogP contribution in [0.15, 0.2) is 76.9 Å². The highest BCUT2D eigenvalue weighted by Crippen LogP contribution is 2.44. The SMILES string of the molecule is COc1ccc(C2C(=C(O)c3ccccc3)C(=O)C(=O)N2Cc2ccco2)c(OC)c1. The number of hydrogen-bond acceptors (Lipinski definition) is 6. The topological polar surface area (TPSA) is 89.2 Å². The van der Waals surface area contributed by atoms with E-state index in [1.807, 2.05) is 0 Å². The number of furan rings is 1. The van der Waals surface area contributed by atoms with E-state index in [4.69, 9.17) is 13.9 Å². The van der Waals surface area contributed by atoms with Crippen LogP contribution in [0.25, 0.3) is 5.76 Å². The maximum atomic E-state index is 13.1. The summed E-state index contributed by atoms with van der Waals surface area (Å²) in [6.07, 6.45) is 1.50.